The Morgan fingerprint density at radius 1 is 0.731 bits per heavy atom. The van der Waals surface area contributed by atoms with Crippen molar-refractivity contribution < 1.29 is 19.1 Å². The number of hydrogen-bond donors (Lipinski definition) is 1. The van der Waals surface area contributed by atoms with Crippen molar-refractivity contribution in [2.45, 2.75) is 101 Å². The van der Waals surface area contributed by atoms with Gasteiger partial charge >= 0.3 is 5.97 Å². The van der Waals surface area contributed by atoms with Gasteiger partial charge in [0.15, 0.2) is 10.7 Å². The molecule has 9 nitrogen and oxygen atoms in total. The van der Waals surface area contributed by atoms with Crippen molar-refractivity contribution in [3.63, 3.8) is 0 Å². The van der Waals surface area contributed by atoms with E-state index < -0.39 is 10.2 Å². The number of carbonyl (C=O) groups excluding carboxylic acids is 3. The third-order valence-electron chi connectivity index (χ3n) is 11.5. The van der Waals surface area contributed by atoms with Gasteiger partial charge in [-0.3, -0.25) is 29.5 Å². The number of thioether (sulfide) groups is 1. The predicted octanol–water partition coefficient (Wildman–Crippen LogP) is 8.19. The molecule has 3 aliphatic heterocycles. The maximum atomic E-state index is 14.4. The Balaban J connectivity index is 1.19. The van der Waals surface area contributed by atoms with E-state index in [0.717, 1.165) is 113 Å². The number of esters is 1. The van der Waals surface area contributed by atoms with E-state index in [4.69, 9.17) is 9.73 Å². The molecular formula is C42H42N4O5S. The van der Waals surface area contributed by atoms with Crippen molar-refractivity contribution in [1.82, 2.24) is 9.58 Å². The number of amides is 2. The minimum Gasteiger partial charge on any atom is -0.465 e. The molecule has 1 aromatic heterocycles. The smallest absolute Gasteiger partial charge is 0.324 e. The molecule has 2 atom stereocenters. The SMILES string of the molecule is CCCCCCC(CCCCCC)N1C(=O)c2ccc3c4ccc5c(=O)n6c(c7ccc(c8ccc(c2c38)C1=O)c4c57)=NC1(N6)SC1C(=O)OCC. The van der Waals surface area contributed by atoms with Gasteiger partial charge < -0.3 is 4.74 Å². The van der Waals surface area contributed by atoms with Crippen molar-refractivity contribution in [1.29, 1.82) is 0 Å². The molecule has 5 aromatic carbocycles. The lowest BCUT2D eigenvalue weighted by Gasteiger charge is -2.34. The Morgan fingerprint density at radius 3 is 1.83 bits per heavy atom. The van der Waals surface area contributed by atoms with E-state index in [1.807, 2.05) is 42.5 Å². The third kappa shape index (κ3) is 4.72. The Kier molecular flexibility index (Phi) is 7.95. The van der Waals surface area contributed by atoms with Crippen molar-refractivity contribution in [3.8, 4) is 0 Å². The number of unbranched alkanes of at least 4 members (excludes halogenated alkanes) is 6. The summed E-state index contributed by atoms with van der Waals surface area (Å²) in [7, 11) is 0. The largest absolute Gasteiger partial charge is 0.465 e. The lowest BCUT2D eigenvalue weighted by Crippen LogP contribution is -2.47. The maximum Gasteiger partial charge on any atom is 0.324 e. The molecule has 1 spiro atoms. The monoisotopic (exact) mass is 714 g/mol. The first-order valence-corrected chi connectivity index (χ1v) is 19.9. The molecule has 0 aliphatic carbocycles. The summed E-state index contributed by atoms with van der Waals surface area (Å²) in [5.41, 5.74) is 4.63. The first kappa shape index (κ1) is 33.2. The van der Waals surface area contributed by atoms with Gasteiger partial charge in [-0.2, -0.15) is 0 Å². The lowest BCUT2D eigenvalue weighted by atomic mass is 9.83. The summed E-state index contributed by atoms with van der Waals surface area (Å²) < 4.78 is 6.73. The standard InChI is InChI=1S/C42H42N4O5S/c1-4-7-9-11-13-23(14-12-10-8-5-2)45-38(47)29-20-16-26-24-15-19-28-34-31(40(49)46-37(28)43-42(44-46)36(52-42)41(50)51-6-3)22-18-25(32(24)34)27-17-21-30(39(45)48)35(29)33(26)27/h15-23,36,44H,4-14H2,1-3H3. The highest BCUT2D eigenvalue weighted by Crippen LogP contribution is 2.55. The van der Waals surface area contributed by atoms with E-state index in [1.165, 1.54) is 16.4 Å². The third-order valence-corrected chi connectivity index (χ3v) is 12.8. The number of nitrogens with zero attached hydrogens (tertiary/aromatic N) is 3. The maximum absolute atomic E-state index is 14.4. The number of hydrogen-bond acceptors (Lipinski definition) is 8. The van der Waals surface area contributed by atoms with Gasteiger partial charge in [0.1, 0.15) is 0 Å². The van der Waals surface area contributed by atoms with Crippen LogP contribution < -0.4 is 16.5 Å². The zero-order chi connectivity index (χ0) is 35.9. The molecular weight excluding hydrogens is 673 g/mol. The van der Waals surface area contributed by atoms with E-state index in [0.29, 0.717) is 22.0 Å². The normalized spacial score (nSPS) is 19.2. The molecule has 1 fully saturated rings. The van der Waals surface area contributed by atoms with Gasteiger partial charge in [-0.15, -0.1) is 0 Å². The second kappa shape index (κ2) is 12.5. The predicted molar refractivity (Wildman–Crippen MR) is 208 cm³/mol. The molecule has 266 valence electrons. The second-order valence-corrected chi connectivity index (χ2v) is 15.9. The summed E-state index contributed by atoms with van der Waals surface area (Å²) in [6.07, 6.45) is 10.5. The van der Waals surface area contributed by atoms with Crippen LogP contribution in [0.15, 0.2) is 58.3 Å². The fourth-order valence-corrected chi connectivity index (χ4v) is 9.88. The van der Waals surface area contributed by atoms with E-state index in [1.54, 1.807) is 11.8 Å². The quantitative estimate of drug-likeness (QED) is 0.0321. The van der Waals surface area contributed by atoms with E-state index in [2.05, 4.69) is 25.3 Å². The summed E-state index contributed by atoms with van der Waals surface area (Å²) in [5.74, 6) is -0.741. The number of pyridine rings is 1. The zero-order valence-corrected chi connectivity index (χ0v) is 30.7. The highest BCUT2D eigenvalue weighted by atomic mass is 32.2. The summed E-state index contributed by atoms with van der Waals surface area (Å²) >= 11 is 1.34. The second-order valence-electron chi connectivity index (χ2n) is 14.6. The van der Waals surface area contributed by atoms with Crippen molar-refractivity contribution in [2.24, 2.45) is 4.99 Å². The number of rotatable bonds is 13. The number of aromatic nitrogens is 1. The van der Waals surface area contributed by atoms with Crippen LogP contribution in [0.5, 0.6) is 0 Å². The van der Waals surface area contributed by atoms with Crippen LogP contribution >= 0.6 is 11.8 Å². The number of carbonyl (C=O) groups is 3. The Hall–Kier alpha value is -4.70. The fourth-order valence-electron chi connectivity index (χ4n) is 8.94. The van der Waals surface area contributed by atoms with Gasteiger partial charge in [0.2, 0.25) is 4.99 Å². The summed E-state index contributed by atoms with van der Waals surface area (Å²) in [4.78, 5) is 61.1. The Bertz CT molecular complexity index is 2520. The molecule has 2 amide bonds. The molecule has 4 heterocycles. The minimum atomic E-state index is -0.958. The van der Waals surface area contributed by atoms with Gasteiger partial charge in [-0.05, 0) is 76.3 Å². The summed E-state index contributed by atoms with van der Waals surface area (Å²) in [6.45, 7) is 6.44. The van der Waals surface area contributed by atoms with Gasteiger partial charge in [-0.1, -0.05) is 101 Å². The molecule has 0 radical (unpaired) electrons. The molecule has 2 unspecified atom stereocenters. The van der Waals surface area contributed by atoms with Gasteiger partial charge in [0, 0.05) is 33.3 Å². The van der Waals surface area contributed by atoms with Crippen LogP contribution in [0.25, 0.3) is 53.9 Å². The fraction of sp³-hybridized carbons (Fsp3) is 0.405. The zero-order valence-electron chi connectivity index (χ0n) is 29.8. The Morgan fingerprint density at radius 2 is 1.25 bits per heavy atom. The van der Waals surface area contributed by atoms with Crippen LogP contribution in [-0.2, 0) is 9.53 Å². The number of imide groups is 1. The van der Waals surface area contributed by atoms with E-state index in [-0.39, 0.29) is 36.0 Å². The highest BCUT2D eigenvalue weighted by molar-refractivity contribution is 8.09. The molecule has 0 bridgehead atoms. The molecule has 1 saturated heterocycles. The molecule has 6 aromatic rings. The molecule has 3 aliphatic rings. The number of fused-ring (bicyclic) bond motifs is 4. The first-order valence-electron chi connectivity index (χ1n) is 19.0. The average molecular weight is 715 g/mol. The van der Waals surface area contributed by atoms with E-state index in [9.17, 15) is 19.2 Å². The minimum absolute atomic E-state index is 0.119. The highest BCUT2D eigenvalue weighted by Gasteiger charge is 2.64. The van der Waals surface area contributed by atoms with Crippen molar-refractivity contribution in [2.75, 3.05) is 12.0 Å². The number of nitrogens with one attached hydrogen (secondary N) is 1. The number of benzene rings is 5. The molecule has 0 saturated carbocycles. The first-order chi connectivity index (χ1) is 25.3. The van der Waals surface area contributed by atoms with Gasteiger partial charge in [0.05, 0.1) is 12.0 Å². The van der Waals surface area contributed by atoms with Crippen LogP contribution in [0.4, 0.5) is 0 Å². The van der Waals surface area contributed by atoms with E-state index >= 15 is 0 Å². The molecule has 9 rings (SSSR count). The number of ether oxygens (including phenoxy) is 1. The average Bonchev–Trinajstić information content (AvgIpc) is 3.72. The molecule has 52 heavy (non-hydrogen) atoms. The van der Waals surface area contributed by atoms with Crippen LogP contribution in [0.3, 0.4) is 0 Å². The van der Waals surface area contributed by atoms with Crippen LogP contribution in [0, 0.1) is 0 Å². The molecule has 1 N–H and O–H groups in total. The van der Waals surface area contributed by atoms with Crippen LogP contribution in [-0.4, -0.2) is 50.3 Å². The van der Waals surface area contributed by atoms with Gasteiger partial charge in [-0.25, -0.2) is 9.67 Å². The molecule has 10 heteroatoms. The lowest BCUT2D eigenvalue weighted by molar-refractivity contribution is -0.142. The Labute approximate surface area is 305 Å². The van der Waals surface area contributed by atoms with Crippen molar-refractivity contribution >= 4 is 83.4 Å². The topological polar surface area (TPSA) is 110 Å². The van der Waals surface area contributed by atoms with Crippen molar-refractivity contribution in [3.05, 3.63) is 75.5 Å². The summed E-state index contributed by atoms with van der Waals surface area (Å²) in [5, 5.41) is 8.01. The van der Waals surface area contributed by atoms with Crippen LogP contribution in [0.2, 0.25) is 0 Å². The van der Waals surface area contributed by atoms with Gasteiger partial charge in [0.25, 0.3) is 17.4 Å². The van der Waals surface area contributed by atoms with Crippen LogP contribution in [0.1, 0.15) is 106 Å². The summed E-state index contributed by atoms with van der Waals surface area (Å²) in [6, 6.07) is 15.6.